The zero-order valence-electron chi connectivity index (χ0n) is 14.9. The van der Waals surface area contributed by atoms with Gasteiger partial charge in [-0.3, -0.25) is 9.59 Å². The van der Waals surface area contributed by atoms with Crippen molar-refractivity contribution in [1.82, 2.24) is 0 Å². The lowest BCUT2D eigenvalue weighted by Gasteiger charge is -2.06. The van der Waals surface area contributed by atoms with Crippen molar-refractivity contribution in [3.8, 4) is 0 Å². The van der Waals surface area contributed by atoms with Gasteiger partial charge in [-0.2, -0.15) is 0 Å². The molecule has 0 aliphatic carbocycles. The second kappa shape index (κ2) is 9.23. The van der Waals surface area contributed by atoms with E-state index < -0.39 is 5.97 Å². The Bertz CT molecular complexity index is 1030. The van der Waals surface area contributed by atoms with Crippen molar-refractivity contribution in [2.75, 3.05) is 17.7 Å². The molecule has 28 heavy (non-hydrogen) atoms. The summed E-state index contributed by atoms with van der Waals surface area (Å²) in [5.74, 6) is -0.774. The molecule has 5 nitrogen and oxygen atoms in total. The van der Waals surface area contributed by atoms with Crippen LogP contribution in [0.3, 0.4) is 0 Å². The van der Waals surface area contributed by atoms with E-state index in [0.717, 1.165) is 21.8 Å². The minimum Gasteiger partial charge on any atom is -0.462 e. The van der Waals surface area contributed by atoms with Crippen LogP contribution in [0.25, 0.3) is 10.1 Å². The molecule has 1 amide bonds. The second-order valence-electron chi connectivity index (χ2n) is 5.66. The molecule has 0 saturated carbocycles. The van der Waals surface area contributed by atoms with Crippen LogP contribution in [0.15, 0.2) is 48.5 Å². The molecule has 1 aromatic heterocycles. The average molecular weight is 434 g/mol. The fourth-order valence-corrected chi connectivity index (χ4v) is 4.72. The molecular weight excluding hydrogens is 418 g/mol. The van der Waals surface area contributed by atoms with Gasteiger partial charge in [-0.25, -0.2) is 4.79 Å². The van der Waals surface area contributed by atoms with Gasteiger partial charge in [-0.05, 0) is 37.3 Å². The van der Waals surface area contributed by atoms with E-state index in [1.54, 1.807) is 31.2 Å². The van der Waals surface area contributed by atoms with Crippen LogP contribution >= 0.6 is 34.7 Å². The summed E-state index contributed by atoms with van der Waals surface area (Å²) < 4.78 is 5.84. The molecule has 3 aromatic rings. The monoisotopic (exact) mass is 433 g/mol. The van der Waals surface area contributed by atoms with Gasteiger partial charge in [0.1, 0.15) is 4.88 Å². The van der Waals surface area contributed by atoms with Gasteiger partial charge >= 0.3 is 5.97 Å². The van der Waals surface area contributed by atoms with Crippen molar-refractivity contribution < 1.29 is 19.1 Å². The van der Waals surface area contributed by atoms with Gasteiger partial charge in [-0.1, -0.05) is 41.6 Å². The average Bonchev–Trinajstić information content (AvgIpc) is 3.04. The number of thiophene rings is 1. The molecule has 0 atom stereocenters. The zero-order chi connectivity index (χ0) is 20.1. The molecule has 3 rings (SSSR count). The quantitative estimate of drug-likeness (QED) is 0.538. The minimum atomic E-state index is -0.415. The first kappa shape index (κ1) is 20.4. The number of carbonyl (C=O) groups is 3. The SMILES string of the molecule is CCOC(=O)c1ccc(NC(=O)CSC(=O)c2sc3ccccc3c2Cl)cc1. The van der Waals surface area contributed by atoms with Crippen LogP contribution in [0.5, 0.6) is 0 Å². The fourth-order valence-electron chi connectivity index (χ4n) is 2.44. The van der Waals surface area contributed by atoms with Crippen molar-refractivity contribution in [3.05, 3.63) is 64.0 Å². The van der Waals surface area contributed by atoms with E-state index in [9.17, 15) is 14.4 Å². The van der Waals surface area contributed by atoms with E-state index in [1.807, 2.05) is 24.3 Å². The molecule has 0 bridgehead atoms. The molecule has 0 radical (unpaired) electrons. The molecule has 1 heterocycles. The summed E-state index contributed by atoms with van der Waals surface area (Å²) >= 11 is 8.52. The number of esters is 1. The highest BCUT2D eigenvalue weighted by Gasteiger charge is 2.18. The summed E-state index contributed by atoms with van der Waals surface area (Å²) in [5, 5.41) is 3.72. The Morgan fingerprint density at radius 3 is 2.50 bits per heavy atom. The van der Waals surface area contributed by atoms with Gasteiger partial charge in [0.25, 0.3) is 0 Å². The lowest BCUT2D eigenvalue weighted by atomic mass is 10.2. The first-order chi connectivity index (χ1) is 13.5. The van der Waals surface area contributed by atoms with E-state index in [0.29, 0.717) is 27.8 Å². The summed E-state index contributed by atoms with van der Waals surface area (Å²) in [7, 11) is 0. The predicted molar refractivity (Wildman–Crippen MR) is 115 cm³/mol. The van der Waals surface area contributed by atoms with Crippen LogP contribution in [0.2, 0.25) is 5.02 Å². The smallest absolute Gasteiger partial charge is 0.338 e. The van der Waals surface area contributed by atoms with Gasteiger partial charge in [0.15, 0.2) is 0 Å². The third-order valence-corrected chi connectivity index (χ3v) is 6.41. The lowest BCUT2D eigenvalue weighted by molar-refractivity contribution is -0.113. The van der Waals surface area contributed by atoms with E-state index in [2.05, 4.69) is 5.32 Å². The fraction of sp³-hybridized carbons (Fsp3) is 0.150. The van der Waals surface area contributed by atoms with Crippen molar-refractivity contribution in [1.29, 1.82) is 0 Å². The van der Waals surface area contributed by atoms with E-state index in [1.165, 1.54) is 11.3 Å². The number of thioether (sulfide) groups is 1. The van der Waals surface area contributed by atoms with Crippen LogP contribution in [0.4, 0.5) is 5.69 Å². The Kier molecular flexibility index (Phi) is 6.72. The molecule has 0 unspecified atom stereocenters. The number of nitrogens with one attached hydrogen (secondary N) is 1. The Hall–Kier alpha value is -2.35. The van der Waals surface area contributed by atoms with Crippen LogP contribution in [0.1, 0.15) is 27.0 Å². The highest BCUT2D eigenvalue weighted by molar-refractivity contribution is 8.15. The highest BCUT2D eigenvalue weighted by atomic mass is 35.5. The number of amides is 1. The number of fused-ring (bicyclic) bond motifs is 1. The van der Waals surface area contributed by atoms with E-state index in [4.69, 9.17) is 16.3 Å². The van der Waals surface area contributed by atoms with Gasteiger partial charge in [0.05, 0.1) is 22.9 Å². The van der Waals surface area contributed by atoms with Crippen LogP contribution in [-0.2, 0) is 9.53 Å². The van der Waals surface area contributed by atoms with E-state index >= 15 is 0 Å². The normalized spacial score (nSPS) is 10.6. The molecule has 0 fully saturated rings. The third-order valence-electron chi connectivity index (χ3n) is 3.73. The Labute approximate surface area is 175 Å². The molecule has 144 valence electrons. The first-order valence-electron chi connectivity index (χ1n) is 8.40. The van der Waals surface area contributed by atoms with Crippen molar-refractivity contribution in [2.45, 2.75) is 6.92 Å². The van der Waals surface area contributed by atoms with Crippen molar-refractivity contribution >= 4 is 67.5 Å². The number of carbonyl (C=O) groups excluding carboxylic acids is 3. The maximum Gasteiger partial charge on any atom is 0.338 e. The molecule has 0 spiro atoms. The number of ether oxygens (including phenoxy) is 1. The summed E-state index contributed by atoms with van der Waals surface area (Å²) in [6.07, 6.45) is 0. The molecule has 0 aliphatic heterocycles. The number of hydrogen-bond acceptors (Lipinski definition) is 6. The predicted octanol–water partition coefficient (Wildman–Crippen LogP) is 5.24. The molecular formula is C20H16ClNO4S2. The maximum atomic E-state index is 12.4. The van der Waals surface area contributed by atoms with Gasteiger partial charge in [-0.15, -0.1) is 11.3 Å². The molecule has 8 heteroatoms. The van der Waals surface area contributed by atoms with Crippen molar-refractivity contribution in [2.24, 2.45) is 0 Å². The Balaban J connectivity index is 1.57. The third kappa shape index (κ3) is 4.73. The zero-order valence-corrected chi connectivity index (χ0v) is 17.2. The van der Waals surface area contributed by atoms with Gasteiger partial charge in [0.2, 0.25) is 11.0 Å². The molecule has 2 aromatic carbocycles. The molecule has 0 saturated heterocycles. The number of benzene rings is 2. The standard InChI is InChI=1S/C20H16ClNO4S2/c1-2-26-19(24)12-7-9-13(10-8-12)22-16(23)11-27-20(25)18-17(21)14-5-3-4-6-15(14)28-18/h3-10H,2,11H2,1H3,(H,22,23). The topological polar surface area (TPSA) is 72.5 Å². The maximum absolute atomic E-state index is 12.4. The number of halogens is 1. The summed E-state index contributed by atoms with van der Waals surface area (Å²) in [6.45, 7) is 2.03. The molecule has 1 N–H and O–H groups in total. The van der Waals surface area contributed by atoms with Crippen LogP contribution in [0, 0.1) is 0 Å². The van der Waals surface area contributed by atoms with Crippen LogP contribution < -0.4 is 5.32 Å². The number of hydrogen-bond donors (Lipinski definition) is 1. The minimum absolute atomic E-state index is 0.0387. The number of rotatable bonds is 6. The Morgan fingerprint density at radius 2 is 1.82 bits per heavy atom. The van der Waals surface area contributed by atoms with E-state index in [-0.39, 0.29) is 16.8 Å². The largest absolute Gasteiger partial charge is 0.462 e. The van der Waals surface area contributed by atoms with Gasteiger partial charge < -0.3 is 10.1 Å². The Morgan fingerprint density at radius 1 is 1.11 bits per heavy atom. The summed E-state index contributed by atoms with van der Waals surface area (Å²) in [5.41, 5.74) is 0.940. The van der Waals surface area contributed by atoms with Gasteiger partial charge in [0, 0.05) is 15.8 Å². The lowest BCUT2D eigenvalue weighted by Crippen LogP contribution is -2.15. The summed E-state index contributed by atoms with van der Waals surface area (Å²) in [4.78, 5) is 36.6. The molecule has 0 aliphatic rings. The first-order valence-corrected chi connectivity index (χ1v) is 10.6. The second-order valence-corrected chi connectivity index (χ2v) is 8.04. The highest BCUT2D eigenvalue weighted by Crippen LogP contribution is 2.37. The summed E-state index contributed by atoms with van der Waals surface area (Å²) in [6, 6.07) is 13.9. The number of anilines is 1. The van der Waals surface area contributed by atoms with Crippen molar-refractivity contribution in [3.63, 3.8) is 0 Å². The van der Waals surface area contributed by atoms with Crippen LogP contribution in [-0.4, -0.2) is 29.4 Å².